The normalized spacial score (nSPS) is 10.7. The van der Waals surface area contributed by atoms with E-state index in [2.05, 4.69) is 9.97 Å². The highest BCUT2D eigenvalue weighted by Crippen LogP contribution is 2.28. The van der Waals surface area contributed by atoms with Gasteiger partial charge in [0, 0.05) is 5.39 Å². The van der Waals surface area contributed by atoms with E-state index >= 15 is 0 Å². The van der Waals surface area contributed by atoms with Crippen molar-refractivity contribution in [3.8, 4) is 5.75 Å². The first-order valence-corrected chi connectivity index (χ1v) is 5.05. The van der Waals surface area contributed by atoms with Crippen LogP contribution in [0.2, 0.25) is 10.4 Å². The number of rotatable bonds is 1. The van der Waals surface area contributed by atoms with Gasteiger partial charge in [0.1, 0.15) is 10.9 Å². The third kappa shape index (κ3) is 1.85. The lowest BCUT2D eigenvalue weighted by molar-refractivity contribution is 0.415. The molecule has 0 saturated carbocycles. The molecule has 0 atom stereocenters. The van der Waals surface area contributed by atoms with E-state index in [0.717, 1.165) is 22.2 Å². The number of methoxy groups -OCH3 is 1. The number of ether oxygens (including phenoxy) is 1. The molecule has 2 aromatic rings. The number of hydrogen-bond donors (Lipinski definition) is 0. The Hall–Kier alpha value is -1.06. The zero-order chi connectivity index (χ0) is 11.0. The van der Waals surface area contributed by atoms with Gasteiger partial charge in [0.2, 0.25) is 5.28 Å². The first kappa shape index (κ1) is 10.5. The summed E-state index contributed by atoms with van der Waals surface area (Å²) in [6, 6.07) is 3.67. The summed E-state index contributed by atoms with van der Waals surface area (Å²) in [7, 11) is 1.60. The summed E-state index contributed by atoms with van der Waals surface area (Å²) < 4.78 is 5.14. The van der Waals surface area contributed by atoms with E-state index in [1.165, 1.54) is 0 Å². The SMILES string of the molecule is COc1cc(C)c2nc(Cl)nc(Cl)c2c1. The van der Waals surface area contributed by atoms with Gasteiger partial charge in [-0.3, -0.25) is 0 Å². The monoisotopic (exact) mass is 242 g/mol. The molecule has 0 aliphatic rings. The van der Waals surface area contributed by atoms with E-state index < -0.39 is 0 Å². The highest BCUT2D eigenvalue weighted by atomic mass is 35.5. The molecular formula is C10H8Cl2N2O. The topological polar surface area (TPSA) is 35.0 Å². The Labute approximate surface area is 97.0 Å². The van der Waals surface area contributed by atoms with Crippen molar-refractivity contribution in [1.29, 1.82) is 0 Å². The molecule has 5 heteroatoms. The van der Waals surface area contributed by atoms with Crippen LogP contribution in [0.15, 0.2) is 12.1 Å². The third-order valence-corrected chi connectivity index (χ3v) is 2.58. The highest BCUT2D eigenvalue weighted by Gasteiger charge is 2.08. The van der Waals surface area contributed by atoms with E-state index in [-0.39, 0.29) is 5.28 Å². The molecule has 0 N–H and O–H groups in total. The van der Waals surface area contributed by atoms with Gasteiger partial charge in [0.15, 0.2) is 0 Å². The van der Waals surface area contributed by atoms with Crippen LogP contribution in [0.3, 0.4) is 0 Å². The molecule has 0 amide bonds. The molecule has 3 nitrogen and oxygen atoms in total. The second-order valence-electron chi connectivity index (χ2n) is 3.12. The van der Waals surface area contributed by atoms with Crippen LogP contribution in [0.4, 0.5) is 0 Å². The van der Waals surface area contributed by atoms with E-state index in [0.29, 0.717) is 5.15 Å². The second kappa shape index (κ2) is 3.83. The van der Waals surface area contributed by atoms with Crippen molar-refractivity contribution in [2.75, 3.05) is 7.11 Å². The number of aryl methyl sites for hydroxylation is 1. The highest BCUT2D eigenvalue weighted by molar-refractivity contribution is 6.35. The Bertz CT molecular complexity index is 528. The van der Waals surface area contributed by atoms with Gasteiger partial charge >= 0.3 is 0 Å². The largest absolute Gasteiger partial charge is 0.497 e. The minimum Gasteiger partial charge on any atom is -0.497 e. The lowest BCUT2D eigenvalue weighted by Crippen LogP contribution is -1.91. The lowest BCUT2D eigenvalue weighted by Gasteiger charge is -2.06. The maximum Gasteiger partial charge on any atom is 0.224 e. The maximum absolute atomic E-state index is 5.97. The summed E-state index contributed by atoms with van der Waals surface area (Å²) in [6.07, 6.45) is 0. The molecule has 0 saturated heterocycles. The summed E-state index contributed by atoms with van der Waals surface area (Å²) in [5, 5.41) is 1.24. The maximum atomic E-state index is 5.97. The fraction of sp³-hybridized carbons (Fsp3) is 0.200. The quantitative estimate of drug-likeness (QED) is 0.569. The van der Waals surface area contributed by atoms with Crippen molar-refractivity contribution in [3.05, 3.63) is 28.1 Å². The van der Waals surface area contributed by atoms with Gasteiger partial charge in [-0.2, -0.15) is 0 Å². The molecule has 0 radical (unpaired) electrons. The van der Waals surface area contributed by atoms with Gasteiger partial charge in [-0.1, -0.05) is 11.6 Å². The Morgan fingerprint density at radius 1 is 1.20 bits per heavy atom. The van der Waals surface area contributed by atoms with Crippen LogP contribution in [0, 0.1) is 6.92 Å². The van der Waals surface area contributed by atoms with Crippen LogP contribution in [0.25, 0.3) is 10.9 Å². The van der Waals surface area contributed by atoms with E-state index in [4.69, 9.17) is 27.9 Å². The first-order chi connectivity index (χ1) is 7.11. The molecule has 0 bridgehead atoms. The summed E-state index contributed by atoms with van der Waals surface area (Å²) in [5.41, 5.74) is 1.70. The van der Waals surface area contributed by atoms with Crippen LogP contribution in [-0.4, -0.2) is 17.1 Å². The number of hydrogen-bond acceptors (Lipinski definition) is 3. The second-order valence-corrected chi connectivity index (χ2v) is 3.82. The molecule has 0 aliphatic carbocycles. The fourth-order valence-electron chi connectivity index (χ4n) is 1.43. The molecule has 78 valence electrons. The van der Waals surface area contributed by atoms with Crippen molar-refractivity contribution < 1.29 is 4.74 Å². The smallest absolute Gasteiger partial charge is 0.224 e. The van der Waals surface area contributed by atoms with Crippen molar-refractivity contribution in [1.82, 2.24) is 9.97 Å². The van der Waals surface area contributed by atoms with Gasteiger partial charge in [-0.15, -0.1) is 0 Å². The predicted octanol–water partition coefficient (Wildman–Crippen LogP) is 3.25. The van der Waals surface area contributed by atoms with Crippen molar-refractivity contribution in [2.24, 2.45) is 0 Å². The molecule has 0 fully saturated rings. The molecule has 2 rings (SSSR count). The van der Waals surface area contributed by atoms with Gasteiger partial charge in [-0.25, -0.2) is 9.97 Å². The van der Waals surface area contributed by atoms with Crippen LogP contribution in [0.5, 0.6) is 5.75 Å². The van der Waals surface area contributed by atoms with Crippen LogP contribution < -0.4 is 4.74 Å². The lowest BCUT2D eigenvalue weighted by atomic mass is 10.1. The van der Waals surface area contributed by atoms with Crippen LogP contribution >= 0.6 is 23.2 Å². The van der Waals surface area contributed by atoms with Crippen molar-refractivity contribution in [3.63, 3.8) is 0 Å². The Balaban J connectivity index is 2.85. The number of benzene rings is 1. The molecule has 1 aromatic carbocycles. The van der Waals surface area contributed by atoms with E-state index in [1.54, 1.807) is 13.2 Å². The van der Waals surface area contributed by atoms with E-state index in [9.17, 15) is 0 Å². The third-order valence-electron chi connectivity index (χ3n) is 2.13. The molecular weight excluding hydrogens is 235 g/mol. The van der Waals surface area contributed by atoms with Gasteiger partial charge in [-0.05, 0) is 36.2 Å². The Kier molecular flexibility index (Phi) is 2.67. The van der Waals surface area contributed by atoms with Crippen LogP contribution in [-0.2, 0) is 0 Å². The average molecular weight is 243 g/mol. The number of halogens is 2. The molecule has 1 aromatic heterocycles. The minimum absolute atomic E-state index is 0.153. The minimum atomic E-state index is 0.153. The molecule has 0 spiro atoms. The zero-order valence-electron chi connectivity index (χ0n) is 8.21. The first-order valence-electron chi connectivity index (χ1n) is 4.29. The summed E-state index contributed by atoms with van der Waals surface area (Å²) in [5.74, 6) is 0.729. The fourth-order valence-corrected chi connectivity index (χ4v) is 1.86. The number of fused-ring (bicyclic) bond motifs is 1. The molecule has 0 aliphatic heterocycles. The van der Waals surface area contributed by atoms with Gasteiger partial charge < -0.3 is 4.74 Å². The molecule has 15 heavy (non-hydrogen) atoms. The van der Waals surface area contributed by atoms with Crippen molar-refractivity contribution in [2.45, 2.75) is 6.92 Å². The summed E-state index contributed by atoms with van der Waals surface area (Å²) in [6.45, 7) is 1.92. The molecule has 1 heterocycles. The Morgan fingerprint density at radius 3 is 2.60 bits per heavy atom. The number of aromatic nitrogens is 2. The Morgan fingerprint density at radius 2 is 1.93 bits per heavy atom. The zero-order valence-corrected chi connectivity index (χ0v) is 9.73. The molecule has 0 unspecified atom stereocenters. The van der Waals surface area contributed by atoms with E-state index in [1.807, 2.05) is 13.0 Å². The standard InChI is InChI=1S/C10H8Cl2N2O/c1-5-3-6(15-2)4-7-8(5)13-10(12)14-9(7)11/h3-4H,1-2H3. The van der Waals surface area contributed by atoms with Gasteiger partial charge in [0.25, 0.3) is 0 Å². The van der Waals surface area contributed by atoms with Gasteiger partial charge in [0.05, 0.1) is 12.6 Å². The predicted molar refractivity (Wildman–Crippen MR) is 60.8 cm³/mol. The summed E-state index contributed by atoms with van der Waals surface area (Å²) >= 11 is 11.7. The van der Waals surface area contributed by atoms with Crippen molar-refractivity contribution >= 4 is 34.1 Å². The summed E-state index contributed by atoms with van der Waals surface area (Å²) in [4.78, 5) is 8.01. The average Bonchev–Trinajstić information content (AvgIpc) is 2.19. The van der Waals surface area contributed by atoms with Crippen LogP contribution in [0.1, 0.15) is 5.56 Å². The number of nitrogens with zero attached hydrogens (tertiary/aromatic N) is 2.